The highest BCUT2D eigenvalue weighted by atomic mass is 16.6. The van der Waals surface area contributed by atoms with E-state index >= 15 is 0 Å². The van der Waals surface area contributed by atoms with Crippen molar-refractivity contribution in [1.29, 1.82) is 0 Å². The molecule has 0 aliphatic carbocycles. The lowest BCUT2D eigenvalue weighted by molar-refractivity contribution is -0.467. The van der Waals surface area contributed by atoms with Crippen molar-refractivity contribution in [3.63, 3.8) is 0 Å². The van der Waals surface area contributed by atoms with Crippen molar-refractivity contribution in [3.05, 3.63) is 46.0 Å². The summed E-state index contributed by atoms with van der Waals surface area (Å²) in [6.45, 7) is 4.63. The zero-order valence-corrected chi connectivity index (χ0v) is 22.1. The number of rotatable bonds is 14. The molecule has 1 aliphatic rings. The molecule has 0 aromatic heterocycles. The second-order valence-electron chi connectivity index (χ2n) is 9.87. The molecule has 1 fully saturated rings. The maximum Gasteiger partial charge on any atom is 0.429 e. The number of hydrogen-bond donors (Lipinski definition) is 3. The number of benzene rings is 1. The average molecular weight is 534 g/mol. The maximum absolute atomic E-state index is 13.2. The summed E-state index contributed by atoms with van der Waals surface area (Å²) in [4.78, 5) is 60.4. The number of amides is 3. The molecule has 210 valence electrons. The molecule has 12 nitrogen and oxygen atoms in total. The van der Waals surface area contributed by atoms with Crippen LogP contribution in [-0.4, -0.2) is 65.8 Å². The van der Waals surface area contributed by atoms with Gasteiger partial charge in [-0.05, 0) is 56.7 Å². The van der Waals surface area contributed by atoms with Crippen molar-refractivity contribution in [2.45, 2.75) is 65.0 Å². The fraction of sp³-hybridized carbons (Fsp3) is 0.615. The van der Waals surface area contributed by atoms with E-state index in [1.165, 1.54) is 0 Å². The van der Waals surface area contributed by atoms with Gasteiger partial charge in [0, 0.05) is 23.8 Å². The third-order valence-electron chi connectivity index (χ3n) is 6.11. The minimum atomic E-state index is -0.844. The Kier molecular flexibility index (Phi) is 13.2. The molecule has 0 saturated carbocycles. The van der Waals surface area contributed by atoms with Crippen LogP contribution in [0.25, 0.3) is 0 Å². The summed E-state index contributed by atoms with van der Waals surface area (Å²) in [6.07, 6.45) is 1.57. The normalized spacial score (nSPS) is 14.4. The van der Waals surface area contributed by atoms with Crippen LogP contribution < -0.4 is 16.1 Å². The van der Waals surface area contributed by atoms with Gasteiger partial charge in [-0.25, -0.2) is 9.80 Å². The molecule has 12 heteroatoms. The first-order valence-electron chi connectivity index (χ1n) is 13.1. The van der Waals surface area contributed by atoms with Crippen LogP contribution in [0.4, 0.5) is 4.79 Å². The lowest BCUT2D eigenvalue weighted by Crippen LogP contribution is -2.55. The highest BCUT2D eigenvalue weighted by Gasteiger charge is 2.29. The fourth-order valence-electron chi connectivity index (χ4n) is 4.09. The van der Waals surface area contributed by atoms with Gasteiger partial charge in [0.05, 0.1) is 0 Å². The van der Waals surface area contributed by atoms with Crippen molar-refractivity contribution in [1.82, 2.24) is 21.1 Å². The number of ketones is 1. The molecule has 1 atom stereocenters. The smallest absolute Gasteiger partial charge is 0.429 e. The van der Waals surface area contributed by atoms with Gasteiger partial charge >= 0.3 is 6.09 Å². The SMILES string of the molecule is CC(C)C[C@H](NC(=O)C1CCNCC1)C(=O)NN(CCCCC(=O)C[N+](=O)[O-])C(=O)OCc1ccccc1. The lowest BCUT2D eigenvalue weighted by Gasteiger charge is -2.28. The van der Waals surface area contributed by atoms with Crippen molar-refractivity contribution < 1.29 is 28.8 Å². The number of piperidine rings is 1. The Hall–Kier alpha value is -3.54. The maximum atomic E-state index is 13.2. The summed E-state index contributed by atoms with van der Waals surface area (Å²) in [5.74, 6) is -1.31. The van der Waals surface area contributed by atoms with Crippen molar-refractivity contribution >= 4 is 23.7 Å². The van der Waals surface area contributed by atoms with Crippen LogP contribution in [0, 0.1) is 22.0 Å². The van der Waals surface area contributed by atoms with Crippen LogP contribution in [0.15, 0.2) is 30.3 Å². The summed E-state index contributed by atoms with van der Waals surface area (Å²) >= 11 is 0. The Balaban J connectivity index is 2.03. The van der Waals surface area contributed by atoms with Gasteiger partial charge < -0.3 is 15.4 Å². The Labute approximate surface area is 223 Å². The number of hydrogen-bond acceptors (Lipinski definition) is 8. The van der Waals surface area contributed by atoms with Crippen LogP contribution in [0.1, 0.15) is 57.9 Å². The Morgan fingerprint density at radius 2 is 1.82 bits per heavy atom. The predicted octanol–water partition coefficient (Wildman–Crippen LogP) is 2.20. The molecule has 1 aromatic carbocycles. The number of nitro groups is 1. The third kappa shape index (κ3) is 11.7. The van der Waals surface area contributed by atoms with E-state index in [0.29, 0.717) is 32.1 Å². The van der Waals surface area contributed by atoms with E-state index in [4.69, 9.17) is 4.74 Å². The number of carbonyl (C=O) groups is 4. The van der Waals surface area contributed by atoms with E-state index in [-0.39, 0.29) is 37.3 Å². The molecule has 3 N–H and O–H groups in total. The minimum Gasteiger partial charge on any atom is -0.443 e. The molecule has 1 saturated heterocycles. The zero-order chi connectivity index (χ0) is 27.9. The Morgan fingerprint density at radius 1 is 1.13 bits per heavy atom. The summed E-state index contributed by atoms with van der Waals surface area (Å²) in [7, 11) is 0. The monoisotopic (exact) mass is 533 g/mol. The number of carbonyl (C=O) groups excluding carboxylic acids is 4. The summed E-state index contributed by atoms with van der Waals surface area (Å²) in [5, 5.41) is 17.6. The second-order valence-corrected chi connectivity index (χ2v) is 9.87. The molecular weight excluding hydrogens is 494 g/mol. The van der Waals surface area contributed by atoms with Crippen LogP contribution in [-0.2, 0) is 25.7 Å². The molecule has 38 heavy (non-hydrogen) atoms. The zero-order valence-electron chi connectivity index (χ0n) is 22.1. The highest BCUT2D eigenvalue weighted by Crippen LogP contribution is 2.14. The standard InChI is InChI=1S/C26H39N5O7/c1-19(2)16-23(28-24(33)21-11-13-27-14-12-21)25(34)29-30(15-7-6-10-22(32)17-31(36)37)26(35)38-18-20-8-4-3-5-9-20/h3-5,8-9,19,21,23,27H,6-7,10-18H2,1-2H3,(H,28,33)(H,29,34)/t23-/m0/s1. The van der Waals surface area contributed by atoms with E-state index in [1.54, 1.807) is 12.1 Å². The van der Waals surface area contributed by atoms with Gasteiger partial charge in [0.2, 0.25) is 11.7 Å². The highest BCUT2D eigenvalue weighted by molar-refractivity contribution is 5.89. The van der Waals surface area contributed by atoms with Gasteiger partial charge in [-0.2, -0.15) is 0 Å². The lowest BCUT2D eigenvalue weighted by atomic mass is 9.96. The molecular formula is C26H39N5O7. The molecule has 2 rings (SSSR count). The number of nitrogens with one attached hydrogen (secondary N) is 3. The number of Topliss-reactive ketones (excluding diaryl/α,β-unsaturated/α-hetero) is 1. The van der Waals surface area contributed by atoms with E-state index in [1.807, 2.05) is 32.0 Å². The molecule has 1 aromatic rings. The molecule has 0 unspecified atom stereocenters. The van der Waals surface area contributed by atoms with Crippen molar-refractivity contribution in [3.8, 4) is 0 Å². The average Bonchev–Trinajstić information content (AvgIpc) is 2.88. The summed E-state index contributed by atoms with van der Waals surface area (Å²) in [6, 6.07) is 8.21. The quantitative estimate of drug-likeness (QED) is 0.186. The minimum absolute atomic E-state index is 0.00472. The van der Waals surface area contributed by atoms with Gasteiger partial charge in [0.1, 0.15) is 12.6 Å². The van der Waals surface area contributed by atoms with E-state index in [2.05, 4.69) is 16.1 Å². The number of unbranched alkanes of at least 4 members (excludes halogenated alkanes) is 1. The van der Waals surface area contributed by atoms with Crippen LogP contribution in [0.3, 0.4) is 0 Å². The van der Waals surface area contributed by atoms with Crippen molar-refractivity contribution in [2.24, 2.45) is 11.8 Å². The van der Waals surface area contributed by atoms with Crippen molar-refractivity contribution in [2.75, 3.05) is 26.2 Å². The second kappa shape index (κ2) is 16.3. The molecule has 3 amide bonds. The van der Waals surface area contributed by atoms with Crippen LogP contribution in [0.2, 0.25) is 0 Å². The fourth-order valence-corrected chi connectivity index (χ4v) is 4.09. The number of nitrogens with zero attached hydrogens (tertiary/aromatic N) is 2. The third-order valence-corrected chi connectivity index (χ3v) is 6.11. The summed E-state index contributed by atoms with van der Waals surface area (Å²) in [5.41, 5.74) is 3.35. The molecule has 1 aliphatic heterocycles. The summed E-state index contributed by atoms with van der Waals surface area (Å²) < 4.78 is 5.38. The van der Waals surface area contributed by atoms with Gasteiger partial charge in [0.25, 0.3) is 12.5 Å². The van der Waals surface area contributed by atoms with Gasteiger partial charge in [-0.15, -0.1) is 0 Å². The van der Waals surface area contributed by atoms with E-state index < -0.39 is 35.3 Å². The first-order valence-corrected chi connectivity index (χ1v) is 13.1. The van der Waals surface area contributed by atoms with Gasteiger partial charge in [-0.3, -0.25) is 29.9 Å². The molecule has 1 heterocycles. The van der Waals surface area contributed by atoms with Gasteiger partial charge in [0.15, 0.2) is 0 Å². The van der Waals surface area contributed by atoms with E-state index in [0.717, 1.165) is 23.7 Å². The molecule has 0 bridgehead atoms. The van der Waals surface area contributed by atoms with Crippen LogP contribution in [0.5, 0.6) is 0 Å². The molecule has 0 radical (unpaired) electrons. The predicted molar refractivity (Wildman–Crippen MR) is 139 cm³/mol. The van der Waals surface area contributed by atoms with Gasteiger partial charge in [-0.1, -0.05) is 44.2 Å². The van der Waals surface area contributed by atoms with E-state index in [9.17, 15) is 29.3 Å². The Bertz CT molecular complexity index is 935. The first kappa shape index (κ1) is 30.7. The number of ether oxygens (including phenoxy) is 1. The largest absolute Gasteiger partial charge is 0.443 e. The van der Waals surface area contributed by atoms with Crippen LogP contribution >= 0.6 is 0 Å². The topological polar surface area (TPSA) is 160 Å². The first-order chi connectivity index (χ1) is 18.2. The number of hydrazine groups is 1. The molecule has 0 spiro atoms. The Morgan fingerprint density at radius 3 is 2.45 bits per heavy atom.